The lowest BCUT2D eigenvalue weighted by atomic mass is 9.78. The van der Waals surface area contributed by atoms with Crippen molar-refractivity contribution in [3.8, 4) is 29.3 Å². The number of rotatable bonds is 13. The first-order chi connectivity index (χ1) is 23.4. The molecule has 0 bridgehead atoms. The number of hydrogen-bond donors (Lipinski definition) is 2. The minimum absolute atomic E-state index is 0.164. The van der Waals surface area contributed by atoms with Crippen molar-refractivity contribution >= 4 is 11.6 Å². The summed E-state index contributed by atoms with van der Waals surface area (Å²) in [4.78, 5) is 24.7. The zero-order chi connectivity index (χ0) is 33.6. The molecule has 3 aromatic heterocycles. The van der Waals surface area contributed by atoms with Crippen LogP contribution in [0.2, 0.25) is 0 Å². The Kier molecular flexibility index (Phi) is 10.3. The fraction of sp³-hybridized carbons (Fsp3) is 0.486. The van der Waals surface area contributed by atoms with Gasteiger partial charge in [-0.3, -0.25) is 4.79 Å². The van der Waals surface area contributed by atoms with Gasteiger partial charge in [0.1, 0.15) is 18.4 Å². The quantitative estimate of drug-likeness (QED) is 0.155. The van der Waals surface area contributed by atoms with Gasteiger partial charge >= 0.3 is 0 Å². The lowest BCUT2D eigenvalue weighted by molar-refractivity contribution is 0.0943. The number of methoxy groups -OCH3 is 1. The zero-order valence-corrected chi connectivity index (χ0v) is 27.9. The second-order valence-electron chi connectivity index (χ2n) is 12.5. The van der Waals surface area contributed by atoms with Crippen LogP contribution in [0.15, 0.2) is 35.0 Å². The third-order valence-electron chi connectivity index (χ3n) is 9.27. The number of amides is 1. The van der Waals surface area contributed by atoms with E-state index in [0.29, 0.717) is 66.4 Å². The van der Waals surface area contributed by atoms with Crippen LogP contribution >= 0.6 is 0 Å². The minimum Gasteiger partial charge on any atom is -0.476 e. The molecule has 1 aliphatic carbocycles. The van der Waals surface area contributed by atoms with Crippen LogP contribution in [-0.2, 0) is 17.6 Å². The van der Waals surface area contributed by atoms with E-state index in [0.717, 1.165) is 68.2 Å². The Morgan fingerprint density at radius 3 is 2.88 bits per heavy atom. The molecule has 252 valence electrons. The van der Waals surface area contributed by atoms with Crippen molar-refractivity contribution in [2.45, 2.75) is 70.3 Å². The van der Waals surface area contributed by atoms with Crippen molar-refractivity contribution in [3.63, 3.8) is 0 Å². The van der Waals surface area contributed by atoms with Gasteiger partial charge in [0.25, 0.3) is 5.91 Å². The summed E-state index contributed by atoms with van der Waals surface area (Å²) in [7, 11) is 3.73. The molecule has 6 rings (SSSR count). The highest BCUT2D eigenvalue weighted by molar-refractivity contribution is 5.92. The van der Waals surface area contributed by atoms with E-state index in [9.17, 15) is 10.1 Å². The number of ether oxygens (including phenoxy) is 2. The third-order valence-corrected chi connectivity index (χ3v) is 9.27. The van der Waals surface area contributed by atoms with Crippen LogP contribution in [0, 0.1) is 11.3 Å². The number of carbonyl (C=O) groups is 1. The van der Waals surface area contributed by atoms with Gasteiger partial charge in [-0.25, -0.2) is 9.67 Å². The van der Waals surface area contributed by atoms with Crippen LogP contribution in [0.4, 0.5) is 5.69 Å². The molecule has 4 aromatic rings. The summed E-state index contributed by atoms with van der Waals surface area (Å²) in [6, 6.07) is 9.86. The number of fused-ring (bicyclic) bond motifs is 1. The highest BCUT2D eigenvalue weighted by Gasteiger charge is 2.34. The summed E-state index contributed by atoms with van der Waals surface area (Å²) >= 11 is 0. The molecule has 4 heterocycles. The number of carbonyl (C=O) groups excluding carboxylic acids is 1. The number of aromatic nitrogens is 5. The highest BCUT2D eigenvalue weighted by Crippen LogP contribution is 2.44. The molecule has 1 aromatic carbocycles. The topological polar surface area (TPSA) is 170 Å². The van der Waals surface area contributed by atoms with Crippen LogP contribution in [-0.4, -0.2) is 82.2 Å². The van der Waals surface area contributed by atoms with E-state index in [4.69, 9.17) is 29.7 Å². The standard InChI is InChI=1S/C35H43N9O4/c1-4-8-22-12-13-27(37)26(20-36)31(22)24-10-5-11-25-32(42-48-33(24)25)34-39-29(19-30(40-34)47-21-23-9-6-16-43(23)2)44-17-14-28(41-44)35(45)38-15-7-18-46-3/h12-14,17,19,23-24H,4-11,15-16,18,21,37H2,1-3H3,(H,38,45). The Bertz CT molecular complexity index is 1790. The maximum Gasteiger partial charge on any atom is 0.271 e. The van der Waals surface area contributed by atoms with Gasteiger partial charge in [0.2, 0.25) is 5.88 Å². The van der Waals surface area contributed by atoms with Gasteiger partial charge in [-0.15, -0.1) is 0 Å². The van der Waals surface area contributed by atoms with E-state index in [1.807, 2.05) is 12.1 Å². The molecule has 1 saturated heterocycles. The third kappa shape index (κ3) is 6.90. The summed E-state index contributed by atoms with van der Waals surface area (Å²) in [5.41, 5.74) is 11.0. The summed E-state index contributed by atoms with van der Waals surface area (Å²) < 4.78 is 19.0. The largest absolute Gasteiger partial charge is 0.476 e. The maximum absolute atomic E-state index is 12.8. The average Bonchev–Trinajstić information content (AvgIpc) is 3.86. The summed E-state index contributed by atoms with van der Waals surface area (Å²) in [6.45, 7) is 4.67. The number of nitrogens with zero attached hydrogens (tertiary/aromatic N) is 7. The number of likely N-dealkylation sites (N-methyl/N-ethyl adjacent to an activating group) is 1. The normalized spacial score (nSPS) is 17.6. The van der Waals surface area contributed by atoms with E-state index < -0.39 is 0 Å². The number of nitrogens with one attached hydrogen (secondary N) is 1. The lowest BCUT2D eigenvalue weighted by Gasteiger charge is -2.25. The Balaban J connectivity index is 1.36. The first-order valence-electron chi connectivity index (χ1n) is 16.8. The minimum atomic E-state index is -0.280. The van der Waals surface area contributed by atoms with Gasteiger partial charge in [-0.05, 0) is 81.8 Å². The summed E-state index contributed by atoms with van der Waals surface area (Å²) in [5, 5.41) is 22.0. The van der Waals surface area contributed by atoms with E-state index in [2.05, 4.69) is 40.5 Å². The molecule has 0 saturated carbocycles. The monoisotopic (exact) mass is 653 g/mol. The number of aryl methyl sites for hydroxylation is 1. The molecule has 2 aliphatic rings. The number of likely N-dealkylation sites (tertiary alicyclic amines) is 1. The highest BCUT2D eigenvalue weighted by atomic mass is 16.5. The summed E-state index contributed by atoms with van der Waals surface area (Å²) in [5.74, 6) is 1.43. The lowest BCUT2D eigenvalue weighted by Crippen LogP contribution is -2.30. The van der Waals surface area contributed by atoms with E-state index in [1.165, 1.54) is 0 Å². The predicted octanol–water partition coefficient (Wildman–Crippen LogP) is 4.43. The smallest absolute Gasteiger partial charge is 0.271 e. The van der Waals surface area contributed by atoms with Crippen molar-refractivity contribution < 1.29 is 18.8 Å². The maximum atomic E-state index is 12.8. The Morgan fingerprint density at radius 2 is 2.10 bits per heavy atom. The van der Waals surface area contributed by atoms with Crippen LogP contribution in [0.3, 0.4) is 0 Å². The SMILES string of the molecule is CCCc1ccc(N)c(C#N)c1C1CCCc2c(-c3nc(OCC4CCCN4C)cc(-n4ccc(C(=O)NCCCOC)n4)n3)noc21. The second kappa shape index (κ2) is 15.0. The van der Waals surface area contributed by atoms with Crippen LogP contribution in [0.25, 0.3) is 17.3 Å². The molecule has 13 heteroatoms. The van der Waals surface area contributed by atoms with Gasteiger partial charge in [0.05, 0.1) is 5.56 Å². The molecular weight excluding hydrogens is 610 g/mol. The molecule has 3 N–H and O–H groups in total. The van der Waals surface area contributed by atoms with Crippen molar-refractivity contribution in [2.75, 3.05) is 46.2 Å². The Labute approximate surface area is 280 Å². The molecular formula is C35H43N9O4. The van der Waals surface area contributed by atoms with Gasteiger partial charge in [-0.2, -0.15) is 15.3 Å². The second-order valence-corrected chi connectivity index (χ2v) is 12.5. The van der Waals surface area contributed by atoms with E-state index in [1.54, 1.807) is 30.1 Å². The molecule has 1 fully saturated rings. The Morgan fingerprint density at radius 1 is 1.23 bits per heavy atom. The van der Waals surface area contributed by atoms with Crippen LogP contribution in [0.5, 0.6) is 5.88 Å². The van der Waals surface area contributed by atoms with Gasteiger partial charge in [0, 0.05) is 55.7 Å². The fourth-order valence-electron chi connectivity index (χ4n) is 6.76. The number of nitrogens with two attached hydrogens (primary N) is 1. The number of nitrogen functional groups attached to an aromatic ring is 1. The molecule has 1 aliphatic heterocycles. The molecule has 2 unspecified atom stereocenters. The zero-order valence-electron chi connectivity index (χ0n) is 27.9. The Hall–Kier alpha value is -4.80. The van der Waals surface area contributed by atoms with Crippen molar-refractivity contribution in [1.82, 2.24) is 35.1 Å². The molecule has 2 atom stereocenters. The first-order valence-corrected chi connectivity index (χ1v) is 16.8. The number of hydrogen-bond acceptors (Lipinski definition) is 11. The molecule has 13 nitrogen and oxygen atoms in total. The molecule has 0 radical (unpaired) electrons. The van der Waals surface area contributed by atoms with Crippen LogP contribution in [0.1, 0.15) is 89.9 Å². The van der Waals surface area contributed by atoms with E-state index in [-0.39, 0.29) is 23.6 Å². The van der Waals surface area contributed by atoms with E-state index >= 15 is 0 Å². The van der Waals surface area contributed by atoms with Gasteiger partial charge < -0.3 is 29.9 Å². The van der Waals surface area contributed by atoms with Crippen LogP contribution < -0.4 is 15.8 Å². The van der Waals surface area contributed by atoms with Crippen molar-refractivity contribution in [2.24, 2.45) is 0 Å². The first kappa shape index (κ1) is 33.1. The molecule has 48 heavy (non-hydrogen) atoms. The van der Waals surface area contributed by atoms with Gasteiger partial charge in [0.15, 0.2) is 23.0 Å². The predicted molar refractivity (Wildman–Crippen MR) is 179 cm³/mol. The molecule has 0 spiro atoms. The van der Waals surface area contributed by atoms with Gasteiger partial charge in [-0.1, -0.05) is 24.6 Å². The number of benzene rings is 1. The number of anilines is 1. The average molecular weight is 654 g/mol. The van der Waals surface area contributed by atoms with Crippen molar-refractivity contribution in [3.05, 3.63) is 64.2 Å². The molecule has 1 amide bonds. The summed E-state index contributed by atoms with van der Waals surface area (Å²) in [6.07, 6.45) is 8.75. The number of nitriles is 1. The fourth-order valence-corrected chi connectivity index (χ4v) is 6.76. The van der Waals surface area contributed by atoms with Crippen molar-refractivity contribution in [1.29, 1.82) is 5.26 Å².